The van der Waals surface area contributed by atoms with Crippen molar-refractivity contribution in [2.75, 3.05) is 26.0 Å². The van der Waals surface area contributed by atoms with Crippen molar-refractivity contribution in [2.24, 2.45) is 0 Å². The Morgan fingerprint density at radius 2 is 2.06 bits per heavy atom. The van der Waals surface area contributed by atoms with Crippen LogP contribution in [-0.2, 0) is 11.2 Å². The van der Waals surface area contributed by atoms with Crippen molar-refractivity contribution < 1.29 is 4.79 Å². The maximum absolute atomic E-state index is 11.5. The summed E-state index contributed by atoms with van der Waals surface area (Å²) < 4.78 is 0. The largest absolute Gasteiger partial charge is 0.376 e. The number of benzene rings is 1. The van der Waals surface area contributed by atoms with Gasteiger partial charge in [-0.05, 0) is 24.5 Å². The number of carbonyl (C=O) groups is 1. The second-order valence-electron chi connectivity index (χ2n) is 4.10. The van der Waals surface area contributed by atoms with Gasteiger partial charge in [-0.2, -0.15) is 0 Å². The van der Waals surface area contributed by atoms with Gasteiger partial charge in [-0.3, -0.25) is 4.79 Å². The Morgan fingerprint density at radius 1 is 1.38 bits per heavy atom. The number of nitrogens with one attached hydrogen (secondary N) is 1. The summed E-state index contributed by atoms with van der Waals surface area (Å²) in [5.41, 5.74) is 3.54. The van der Waals surface area contributed by atoms with Crippen molar-refractivity contribution in [1.82, 2.24) is 4.90 Å². The molecule has 0 saturated heterocycles. The highest BCUT2D eigenvalue weighted by Crippen LogP contribution is 2.20. The van der Waals surface area contributed by atoms with Crippen LogP contribution in [0.3, 0.4) is 0 Å². The molecule has 0 aliphatic carbocycles. The summed E-state index contributed by atoms with van der Waals surface area (Å²) in [7, 11) is 3.53. The van der Waals surface area contributed by atoms with E-state index in [4.69, 9.17) is 0 Å². The number of likely N-dealkylation sites (N-methyl/N-ethyl adjacent to an activating group) is 1. The van der Waals surface area contributed by atoms with Gasteiger partial charge in [-0.1, -0.05) is 25.1 Å². The number of hydrogen-bond donors (Lipinski definition) is 1. The summed E-state index contributed by atoms with van der Waals surface area (Å²) in [5, 5.41) is 3.22. The predicted octanol–water partition coefficient (Wildman–Crippen LogP) is 2.06. The van der Waals surface area contributed by atoms with Crippen LogP contribution >= 0.6 is 0 Å². The van der Waals surface area contributed by atoms with Crippen molar-refractivity contribution in [3.8, 4) is 0 Å². The lowest BCUT2D eigenvalue weighted by Gasteiger charge is -2.15. The van der Waals surface area contributed by atoms with E-state index in [0.717, 1.165) is 12.1 Å². The zero-order valence-corrected chi connectivity index (χ0v) is 10.5. The van der Waals surface area contributed by atoms with Crippen molar-refractivity contribution in [3.05, 3.63) is 29.3 Å². The smallest absolute Gasteiger partial charge is 0.241 e. The molecule has 0 aliphatic heterocycles. The van der Waals surface area contributed by atoms with E-state index in [1.54, 1.807) is 19.0 Å². The standard InChI is InChI=1S/C13H20N2O/c1-5-11-8-6-7-10(2)13(11)14-9-12(16)15(3)4/h6-8,14H,5,9H2,1-4H3. The van der Waals surface area contributed by atoms with Crippen molar-refractivity contribution >= 4 is 11.6 Å². The molecule has 0 aliphatic rings. The summed E-state index contributed by atoms with van der Waals surface area (Å²) in [4.78, 5) is 13.1. The molecule has 0 spiro atoms. The van der Waals surface area contributed by atoms with Gasteiger partial charge in [0.2, 0.25) is 5.91 Å². The lowest BCUT2D eigenvalue weighted by molar-refractivity contribution is -0.126. The molecule has 0 atom stereocenters. The highest BCUT2D eigenvalue weighted by molar-refractivity contribution is 5.81. The van der Waals surface area contributed by atoms with E-state index >= 15 is 0 Å². The molecule has 0 fully saturated rings. The number of aryl methyl sites for hydroxylation is 2. The normalized spacial score (nSPS) is 10.0. The van der Waals surface area contributed by atoms with Crippen LogP contribution in [0.25, 0.3) is 0 Å². The van der Waals surface area contributed by atoms with E-state index < -0.39 is 0 Å². The number of carbonyl (C=O) groups excluding carboxylic acids is 1. The molecule has 1 rings (SSSR count). The highest BCUT2D eigenvalue weighted by Gasteiger charge is 2.07. The van der Waals surface area contributed by atoms with E-state index in [1.807, 2.05) is 6.07 Å². The maximum Gasteiger partial charge on any atom is 0.241 e. The van der Waals surface area contributed by atoms with Crippen LogP contribution in [0.2, 0.25) is 0 Å². The molecule has 3 heteroatoms. The first kappa shape index (κ1) is 12.6. The lowest BCUT2D eigenvalue weighted by Crippen LogP contribution is -2.29. The molecular weight excluding hydrogens is 200 g/mol. The quantitative estimate of drug-likeness (QED) is 0.842. The number of amides is 1. The fraction of sp³-hybridized carbons (Fsp3) is 0.462. The minimum atomic E-state index is 0.0882. The molecule has 3 nitrogen and oxygen atoms in total. The molecule has 0 radical (unpaired) electrons. The Kier molecular flexibility index (Phi) is 4.35. The summed E-state index contributed by atoms with van der Waals surface area (Å²) in [6, 6.07) is 6.20. The van der Waals surface area contributed by atoms with Crippen molar-refractivity contribution in [2.45, 2.75) is 20.3 Å². The van der Waals surface area contributed by atoms with Gasteiger partial charge < -0.3 is 10.2 Å². The van der Waals surface area contributed by atoms with E-state index in [1.165, 1.54) is 11.1 Å². The Bertz CT molecular complexity index is 372. The first-order valence-corrected chi connectivity index (χ1v) is 5.58. The fourth-order valence-electron chi connectivity index (χ4n) is 1.60. The van der Waals surface area contributed by atoms with E-state index in [0.29, 0.717) is 6.54 Å². The van der Waals surface area contributed by atoms with Gasteiger partial charge in [0, 0.05) is 19.8 Å². The van der Waals surface area contributed by atoms with Crippen molar-refractivity contribution in [3.63, 3.8) is 0 Å². The topological polar surface area (TPSA) is 32.3 Å². The monoisotopic (exact) mass is 220 g/mol. The second kappa shape index (κ2) is 5.54. The van der Waals surface area contributed by atoms with Gasteiger partial charge in [-0.25, -0.2) is 0 Å². The van der Waals surface area contributed by atoms with E-state index in [9.17, 15) is 4.79 Å². The minimum Gasteiger partial charge on any atom is -0.376 e. The molecule has 1 N–H and O–H groups in total. The summed E-state index contributed by atoms with van der Waals surface area (Å²) in [5.74, 6) is 0.0882. The summed E-state index contributed by atoms with van der Waals surface area (Å²) >= 11 is 0. The third-order valence-electron chi connectivity index (χ3n) is 2.66. The average Bonchev–Trinajstić information content (AvgIpc) is 2.26. The molecule has 0 unspecified atom stereocenters. The zero-order chi connectivity index (χ0) is 12.1. The maximum atomic E-state index is 11.5. The fourth-order valence-corrected chi connectivity index (χ4v) is 1.60. The van der Waals surface area contributed by atoms with Crippen molar-refractivity contribution in [1.29, 1.82) is 0 Å². The molecule has 0 bridgehead atoms. The molecule has 1 amide bonds. The molecule has 1 aromatic rings. The number of rotatable bonds is 4. The predicted molar refractivity (Wildman–Crippen MR) is 67.7 cm³/mol. The molecule has 0 saturated carbocycles. The van der Waals surface area contributed by atoms with Gasteiger partial charge in [0.1, 0.15) is 0 Å². The molecule has 88 valence electrons. The third-order valence-corrected chi connectivity index (χ3v) is 2.66. The van der Waals surface area contributed by atoms with Gasteiger partial charge in [0.15, 0.2) is 0 Å². The third kappa shape index (κ3) is 2.99. The van der Waals surface area contributed by atoms with Gasteiger partial charge in [0.05, 0.1) is 6.54 Å². The van der Waals surface area contributed by atoms with Crippen LogP contribution in [0, 0.1) is 6.92 Å². The molecule has 16 heavy (non-hydrogen) atoms. The van der Waals surface area contributed by atoms with Crippen LogP contribution in [0.4, 0.5) is 5.69 Å². The summed E-state index contributed by atoms with van der Waals surface area (Å²) in [6.07, 6.45) is 0.972. The Hall–Kier alpha value is -1.51. The molecule has 0 heterocycles. The van der Waals surface area contributed by atoms with Gasteiger partial charge in [-0.15, -0.1) is 0 Å². The highest BCUT2D eigenvalue weighted by atomic mass is 16.2. The van der Waals surface area contributed by atoms with Crippen LogP contribution in [0.15, 0.2) is 18.2 Å². The van der Waals surface area contributed by atoms with Crippen LogP contribution in [-0.4, -0.2) is 31.4 Å². The van der Waals surface area contributed by atoms with Crippen LogP contribution in [0.5, 0.6) is 0 Å². The first-order chi connectivity index (χ1) is 7.56. The average molecular weight is 220 g/mol. The molecule has 1 aromatic carbocycles. The SMILES string of the molecule is CCc1cccc(C)c1NCC(=O)N(C)C. The first-order valence-electron chi connectivity index (χ1n) is 5.58. The number of para-hydroxylation sites is 1. The number of hydrogen-bond acceptors (Lipinski definition) is 2. The number of nitrogens with zero attached hydrogens (tertiary/aromatic N) is 1. The zero-order valence-electron chi connectivity index (χ0n) is 10.5. The Balaban J connectivity index is 2.76. The molecular formula is C13H20N2O. The van der Waals surface area contributed by atoms with Gasteiger partial charge >= 0.3 is 0 Å². The Labute approximate surface area is 97.5 Å². The van der Waals surface area contributed by atoms with E-state index in [-0.39, 0.29) is 5.91 Å². The Morgan fingerprint density at radius 3 is 2.62 bits per heavy atom. The minimum absolute atomic E-state index is 0.0882. The van der Waals surface area contributed by atoms with Crippen LogP contribution in [0.1, 0.15) is 18.1 Å². The number of anilines is 1. The van der Waals surface area contributed by atoms with Gasteiger partial charge in [0.25, 0.3) is 0 Å². The second-order valence-corrected chi connectivity index (χ2v) is 4.10. The summed E-state index contributed by atoms with van der Waals surface area (Å²) in [6.45, 7) is 4.53. The van der Waals surface area contributed by atoms with E-state index in [2.05, 4.69) is 31.3 Å². The molecule has 0 aromatic heterocycles. The van der Waals surface area contributed by atoms with Crippen LogP contribution < -0.4 is 5.32 Å². The lowest BCUT2D eigenvalue weighted by atomic mass is 10.1.